The van der Waals surface area contributed by atoms with Crippen molar-refractivity contribution in [3.63, 3.8) is 0 Å². The molecule has 0 bridgehead atoms. The van der Waals surface area contributed by atoms with Gasteiger partial charge in [-0.1, -0.05) is 55.0 Å². The highest BCUT2D eigenvalue weighted by atomic mass is 16.5. The Bertz CT molecular complexity index is 1340. The molecule has 0 spiro atoms. The molecule has 0 aliphatic heterocycles. The van der Waals surface area contributed by atoms with Gasteiger partial charge < -0.3 is 19.5 Å². The van der Waals surface area contributed by atoms with Crippen LogP contribution < -0.4 is 5.32 Å². The lowest BCUT2D eigenvalue weighted by atomic mass is 9.32. The SMILES string of the molecule is C=C(COC(C)=O)[C@@H]1CC[C@]2(C(=O)NC(CC(C)C)C(=O)OC)CC[C@]3(C)[C@H](CC[C@@H]4[C@@]5(C)CC[C@H](OC(C)=O)C(C)(C)[C@@H]5CC[C@]43C)[C@@H]12. The highest BCUT2D eigenvalue weighted by molar-refractivity contribution is 5.89. The van der Waals surface area contributed by atoms with Crippen LogP contribution in [-0.2, 0) is 33.4 Å². The maximum Gasteiger partial charge on any atom is 0.328 e. The van der Waals surface area contributed by atoms with Gasteiger partial charge in [0, 0.05) is 19.3 Å². The maximum absolute atomic E-state index is 14.7. The number of rotatable bonds is 9. The van der Waals surface area contributed by atoms with Gasteiger partial charge in [-0.2, -0.15) is 0 Å². The fourth-order valence-electron chi connectivity index (χ4n) is 13.3. The van der Waals surface area contributed by atoms with Crippen molar-refractivity contribution in [2.75, 3.05) is 13.7 Å². The quantitative estimate of drug-likeness (QED) is 0.150. The van der Waals surface area contributed by atoms with Crippen molar-refractivity contribution >= 4 is 23.8 Å². The number of methoxy groups -OCH3 is 1. The average Bonchev–Trinajstić information content (AvgIpc) is 3.41. The molecule has 5 saturated carbocycles. The van der Waals surface area contributed by atoms with Crippen molar-refractivity contribution in [3.05, 3.63) is 12.2 Å². The Morgan fingerprint density at radius 2 is 1.51 bits per heavy atom. The summed E-state index contributed by atoms with van der Waals surface area (Å²) in [6.45, 7) is 24.0. The lowest BCUT2D eigenvalue weighted by Crippen LogP contribution is -2.67. The van der Waals surface area contributed by atoms with Gasteiger partial charge >= 0.3 is 17.9 Å². The molecule has 1 N–H and O–H groups in total. The summed E-state index contributed by atoms with van der Waals surface area (Å²) >= 11 is 0. The molecule has 1 unspecified atom stereocenters. The van der Waals surface area contributed by atoms with Gasteiger partial charge in [0.15, 0.2) is 0 Å². The van der Waals surface area contributed by atoms with Crippen LogP contribution in [0.5, 0.6) is 0 Å². The molecule has 0 heterocycles. The highest BCUT2D eigenvalue weighted by Gasteiger charge is 2.72. The second-order valence-corrected chi connectivity index (χ2v) is 18.6. The Morgan fingerprint density at radius 1 is 0.816 bits per heavy atom. The van der Waals surface area contributed by atoms with Gasteiger partial charge in [0.2, 0.25) is 5.91 Å². The zero-order valence-corrected chi connectivity index (χ0v) is 32.2. The van der Waals surface area contributed by atoms with E-state index in [0.29, 0.717) is 24.2 Å². The van der Waals surface area contributed by atoms with Crippen molar-refractivity contribution in [2.24, 2.45) is 62.6 Å². The zero-order valence-electron chi connectivity index (χ0n) is 32.2. The molecule has 5 rings (SSSR count). The van der Waals surface area contributed by atoms with Crippen LogP contribution in [0.25, 0.3) is 0 Å². The van der Waals surface area contributed by atoms with Gasteiger partial charge in [-0.25, -0.2) is 4.79 Å². The van der Waals surface area contributed by atoms with E-state index in [0.717, 1.165) is 69.8 Å². The van der Waals surface area contributed by atoms with Crippen molar-refractivity contribution < 1.29 is 33.4 Å². The van der Waals surface area contributed by atoms with Crippen LogP contribution in [0.2, 0.25) is 0 Å². The minimum absolute atomic E-state index is 0.000788. The van der Waals surface area contributed by atoms with Crippen LogP contribution in [0.3, 0.4) is 0 Å². The lowest BCUT2D eigenvalue weighted by molar-refractivity contribution is -0.249. The molecule has 276 valence electrons. The zero-order chi connectivity index (χ0) is 36.3. The summed E-state index contributed by atoms with van der Waals surface area (Å²) in [5.74, 6) is 0.675. The fourth-order valence-corrected chi connectivity index (χ4v) is 13.3. The third-order valence-electron chi connectivity index (χ3n) is 15.6. The lowest BCUT2D eigenvalue weighted by Gasteiger charge is -2.72. The van der Waals surface area contributed by atoms with Gasteiger partial charge in [-0.15, -0.1) is 0 Å². The van der Waals surface area contributed by atoms with Gasteiger partial charge in [0.05, 0.1) is 12.5 Å². The molecule has 5 aliphatic carbocycles. The number of ether oxygens (including phenoxy) is 3. The molecule has 5 aliphatic rings. The number of carbonyl (C=O) groups excluding carboxylic acids is 4. The van der Waals surface area contributed by atoms with Crippen LogP contribution in [0.1, 0.15) is 133 Å². The number of hydrogen-bond acceptors (Lipinski definition) is 7. The van der Waals surface area contributed by atoms with E-state index in [4.69, 9.17) is 14.2 Å². The maximum atomic E-state index is 14.7. The van der Waals surface area contributed by atoms with Crippen LogP contribution in [0.15, 0.2) is 12.2 Å². The Balaban J connectivity index is 1.51. The minimum Gasteiger partial charge on any atom is -0.467 e. The van der Waals surface area contributed by atoms with E-state index in [1.165, 1.54) is 21.0 Å². The van der Waals surface area contributed by atoms with E-state index in [2.05, 4.69) is 60.4 Å². The first-order valence-corrected chi connectivity index (χ1v) is 19.2. The number of esters is 3. The molecular formula is C41H65NO7. The Kier molecular flexibility index (Phi) is 10.3. The molecule has 0 aromatic carbocycles. The molecule has 8 nitrogen and oxygen atoms in total. The normalized spacial score (nSPS) is 41.2. The van der Waals surface area contributed by atoms with Crippen LogP contribution in [0.4, 0.5) is 0 Å². The highest BCUT2D eigenvalue weighted by Crippen LogP contribution is 2.77. The largest absolute Gasteiger partial charge is 0.467 e. The number of carbonyl (C=O) groups is 4. The van der Waals surface area contributed by atoms with Crippen molar-refractivity contribution in [2.45, 2.75) is 145 Å². The number of hydrogen-bond donors (Lipinski definition) is 1. The second-order valence-electron chi connectivity index (χ2n) is 18.6. The fraction of sp³-hybridized carbons (Fsp3) is 0.854. The molecule has 49 heavy (non-hydrogen) atoms. The minimum atomic E-state index is -0.682. The van der Waals surface area contributed by atoms with Crippen LogP contribution >= 0.6 is 0 Å². The van der Waals surface area contributed by atoms with E-state index in [1.54, 1.807) is 0 Å². The predicted octanol–water partition coefficient (Wildman–Crippen LogP) is 7.82. The van der Waals surface area contributed by atoms with Gasteiger partial charge in [0.1, 0.15) is 18.8 Å². The van der Waals surface area contributed by atoms with E-state index < -0.39 is 17.4 Å². The second kappa shape index (κ2) is 13.3. The average molecular weight is 684 g/mol. The summed E-state index contributed by atoms with van der Waals surface area (Å²) in [4.78, 5) is 51.6. The number of nitrogens with one attached hydrogen (secondary N) is 1. The van der Waals surface area contributed by atoms with Gasteiger partial charge in [-0.05, 0) is 128 Å². The van der Waals surface area contributed by atoms with Crippen molar-refractivity contribution in [1.82, 2.24) is 5.32 Å². The van der Waals surface area contributed by atoms with Crippen molar-refractivity contribution in [1.29, 1.82) is 0 Å². The first-order chi connectivity index (χ1) is 22.8. The molecule has 11 atom stereocenters. The topological polar surface area (TPSA) is 108 Å². The number of amides is 1. The Labute approximate surface area is 295 Å². The first-order valence-electron chi connectivity index (χ1n) is 19.2. The molecule has 0 aromatic heterocycles. The third kappa shape index (κ3) is 6.07. The number of fused-ring (bicyclic) bond motifs is 7. The van der Waals surface area contributed by atoms with Crippen LogP contribution in [0, 0.1) is 62.6 Å². The summed E-state index contributed by atoms with van der Waals surface area (Å²) in [5, 5.41) is 3.22. The molecule has 0 radical (unpaired) electrons. The standard InChI is InChI=1S/C41H65NO7/c1-24(2)22-30(35(45)47-11)42-36(46)41-19-14-28(25(3)23-48-26(4)43)34(41)29-12-13-32-38(8)17-16-33(49-27(5)44)37(6,7)31(38)15-18-40(32,10)39(29,9)20-21-41/h24,28-34H,3,12-23H2,1-2,4-11H3,(H,42,46)/t28-,29+,30?,31-,32+,33-,34+,38-,39+,40+,41-/m0/s1. The van der Waals surface area contributed by atoms with Gasteiger partial charge in [-0.3, -0.25) is 14.4 Å². The summed E-state index contributed by atoms with van der Waals surface area (Å²) in [6, 6.07) is -0.682. The Hall–Kier alpha value is -2.38. The first kappa shape index (κ1) is 37.9. The Morgan fingerprint density at radius 3 is 2.12 bits per heavy atom. The van der Waals surface area contributed by atoms with Gasteiger partial charge in [0.25, 0.3) is 0 Å². The molecule has 5 fully saturated rings. The van der Waals surface area contributed by atoms with E-state index in [-0.39, 0.29) is 70.0 Å². The van der Waals surface area contributed by atoms with Crippen molar-refractivity contribution in [3.8, 4) is 0 Å². The molecule has 8 heteroatoms. The molecular weight excluding hydrogens is 618 g/mol. The van der Waals surface area contributed by atoms with E-state index >= 15 is 0 Å². The molecule has 0 saturated heterocycles. The predicted molar refractivity (Wildman–Crippen MR) is 189 cm³/mol. The van der Waals surface area contributed by atoms with E-state index in [1.807, 2.05) is 0 Å². The summed E-state index contributed by atoms with van der Waals surface area (Å²) < 4.78 is 16.6. The summed E-state index contributed by atoms with van der Waals surface area (Å²) in [5.41, 5.74) is 0.384. The smallest absolute Gasteiger partial charge is 0.328 e. The van der Waals surface area contributed by atoms with E-state index in [9.17, 15) is 19.2 Å². The van der Waals surface area contributed by atoms with Crippen LogP contribution in [-0.4, -0.2) is 49.7 Å². The summed E-state index contributed by atoms with van der Waals surface area (Å²) in [7, 11) is 1.39. The summed E-state index contributed by atoms with van der Waals surface area (Å²) in [6.07, 6.45) is 10.1. The molecule has 1 amide bonds. The monoisotopic (exact) mass is 683 g/mol. The molecule has 0 aromatic rings. The third-order valence-corrected chi connectivity index (χ3v) is 15.6.